The molecule has 0 spiro atoms. The topological polar surface area (TPSA) is 95.5 Å². The molecule has 33 heavy (non-hydrogen) atoms. The summed E-state index contributed by atoms with van der Waals surface area (Å²) in [6.07, 6.45) is 4.23. The molecule has 5 unspecified atom stereocenters. The third-order valence-corrected chi connectivity index (χ3v) is 8.47. The number of carbonyl (C=O) groups is 1. The van der Waals surface area contributed by atoms with Crippen molar-refractivity contribution in [2.75, 3.05) is 32.4 Å². The molecule has 1 aromatic carbocycles. The standard InChI is InChI=1S/C23H28ClN7OS/c1-30-10-7-15-14(12-30)13-33-23-17(15)11-27-19(22(32)26-9-4-8-25)21-29-28-20(31(21)23)16-5-2-3-6-18(16)24/h2-3,5-7,10,17,19-21,23,27-29H,4,9,11-13H2,1H3,(H,26,32). The van der Waals surface area contributed by atoms with E-state index in [9.17, 15) is 4.79 Å². The molecule has 10 heteroatoms. The van der Waals surface area contributed by atoms with E-state index in [1.807, 2.05) is 36.0 Å². The van der Waals surface area contributed by atoms with Gasteiger partial charge in [0.15, 0.2) is 0 Å². The van der Waals surface area contributed by atoms with Crippen LogP contribution in [0.4, 0.5) is 0 Å². The van der Waals surface area contributed by atoms with Gasteiger partial charge in [0.2, 0.25) is 5.91 Å². The second-order valence-corrected chi connectivity index (χ2v) is 10.3. The van der Waals surface area contributed by atoms with Crippen LogP contribution in [0.15, 0.2) is 47.7 Å². The van der Waals surface area contributed by atoms with Crippen molar-refractivity contribution < 1.29 is 4.79 Å². The van der Waals surface area contributed by atoms with Crippen molar-refractivity contribution in [3.05, 3.63) is 58.3 Å². The van der Waals surface area contributed by atoms with Gasteiger partial charge in [-0.2, -0.15) is 5.26 Å². The summed E-state index contributed by atoms with van der Waals surface area (Å²) in [5, 5.41) is 16.2. The van der Waals surface area contributed by atoms with Gasteiger partial charge in [-0.15, -0.1) is 11.8 Å². The molecule has 0 aliphatic carbocycles. The monoisotopic (exact) mass is 485 g/mol. The number of rotatable bonds is 4. The van der Waals surface area contributed by atoms with Crippen LogP contribution in [0, 0.1) is 17.2 Å². The van der Waals surface area contributed by atoms with E-state index in [1.165, 1.54) is 11.1 Å². The maximum absolute atomic E-state index is 13.2. The third-order valence-electron chi connectivity index (χ3n) is 6.70. The lowest BCUT2D eigenvalue weighted by atomic mass is 9.91. The number of thioether (sulfide) groups is 1. The highest BCUT2D eigenvalue weighted by Gasteiger charge is 2.51. The summed E-state index contributed by atoms with van der Waals surface area (Å²) in [6.45, 7) is 1.98. The lowest BCUT2D eigenvalue weighted by Crippen LogP contribution is -2.58. The van der Waals surface area contributed by atoms with Crippen molar-refractivity contribution in [2.24, 2.45) is 5.92 Å². The van der Waals surface area contributed by atoms with Gasteiger partial charge in [-0.25, -0.2) is 10.9 Å². The summed E-state index contributed by atoms with van der Waals surface area (Å²) in [5.41, 5.74) is 10.6. The minimum atomic E-state index is -0.478. The number of nitriles is 1. The summed E-state index contributed by atoms with van der Waals surface area (Å²) in [7, 11) is 2.10. The fourth-order valence-corrected chi connectivity index (χ4v) is 6.94. The van der Waals surface area contributed by atoms with Crippen LogP contribution in [0.2, 0.25) is 5.02 Å². The van der Waals surface area contributed by atoms with E-state index in [-0.39, 0.29) is 36.0 Å². The first kappa shape index (κ1) is 22.7. The van der Waals surface area contributed by atoms with Gasteiger partial charge < -0.3 is 15.5 Å². The molecule has 8 nitrogen and oxygen atoms in total. The average Bonchev–Trinajstić information content (AvgIpc) is 3.16. The first-order valence-corrected chi connectivity index (χ1v) is 12.6. The normalized spacial score (nSPS) is 31.3. The largest absolute Gasteiger partial charge is 0.376 e. The van der Waals surface area contributed by atoms with Crippen molar-refractivity contribution in [1.29, 1.82) is 5.26 Å². The highest BCUT2D eigenvalue weighted by atomic mass is 35.5. The number of nitrogens with zero attached hydrogens (tertiary/aromatic N) is 3. The molecule has 4 aliphatic rings. The smallest absolute Gasteiger partial charge is 0.240 e. The molecule has 4 heterocycles. The molecular formula is C23H28ClN7OS. The SMILES string of the molecule is CN1C=CC2=C(CSC3C2CNC(C(=O)NCCC#N)C2NNC(c4ccccc4Cl)N23)C1. The zero-order valence-electron chi connectivity index (χ0n) is 18.4. The van der Waals surface area contributed by atoms with Crippen LogP contribution >= 0.6 is 23.4 Å². The summed E-state index contributed by atoms with van der Waals surface area (Å²) in [6, 6.07) is 9.47. The maximum Gasteiger partial charge on any atom is 0.240 e. The molecule has 1 amide bonds. The highest BCUT2D eigenvalue weighted by molar-refractivity contribution is 8.00. The number of hydrogen-bond donors (Lipinski definition) is 4. The second-order valence-electron chi connectivity index (χ2n) is 8.79. The van der Waals surface area contributed by atoms with E-state index in [4.69, 9.17) is 16.9 Å². The highest BCUT2D eigenvalue weighted by Crippen LogP contribution is 2.45. The van der Waals surface area contributed by atoms with Crippen LogP contribution in [0.1, 0.15) is 18.2 Å². The van der Waals surface area contributed by atoms with Gasteiger partial charge in [-0.05, 0) is 29.5 Å². The van der Waals surface area contributed by atoms with Crippen molar-refractivity contribution in [3.63, 3.8) is 0 Å². The molecule has 2 fully saturated rings. The number of nitrogens with one attached hydrogen (secondary N) is 4. The number of halogens is 1. The van der Waals surface area contributed by atoms with E-state index >= 15 is 0 Å². The lowest BCUT2D eigenvalue weighted by molar-refractivity contribution is -0.124. The van der Waals surface area contributed by atoms with Gasteiger partial charge in [0.25, 0.3) is 0 Å². The fraction of sp³-hybridized carbons (Fsp3) is 0.478. The molecular weight excluding hydrogens is 458 g/mol. The maximum atomic E-state index is 13.2. The predicted molar refractivity (Wildman–Crippen MR) is 130 cm³/mol. The lowest BCUT2D eigenvalue weighted by Gasteiger charge is -2.43. The fourth-order valence-electron chi connectivity index (χ4n) is 5.17. The molecule has 5 rings (SSSR count). The van der Waals surface area contributed by atoms with Crippen molar-refractivity contribution >= 4 is 29.3 Å². The van der Waals surface area contributed by atoms with Crippen LogP contribution in [-0.2, 0) is 4.79 Å². The van der Waals surface area contributed by atoms with Gasteiger partial charge in [-0.3, -0.25) is 9.69 Å². The quantitative estimate of drug-likeness (QED) is 0.477. The van der Waals surface area contributed by atoms with Crippen molar-refractivity contribution in [3.8, 4) is 6.07 Å². The summed E-state index contributed by atoms with van der Waals surface area (Å²) >= 11 is 8.54. The number of likely N-dealkylation sites (N-methyl/N-ethyl adjacent to an activating group) is 1. The molecule has 0 aromatic heterocycles. The number of amides is 1. The summed E-state index contributed by atoms with van der Waals surface area (Å²) < 4.78 is 0. The van der Waals surface area contributed by atoms with Gasteiger partial charge >= 0.3 is 0 Å². The number of fused-ring (bicyclic) bond motifs is 4. The Morgan fingerprint density at radius 2 is 2.21 bits per heavy atom. The van der Waals surface area contributed by atoms with Gasteiger partial charge in [-0.1, -0.05) is 29.8 Å². The van der Waals surface area contributed by atoms with Crippen molar-refractivity contribution in [1.82, 2.24) is 31.3 Å². The van der Waals surface area contributed by atoms with E-state index in [2.05, 4.69) is 56.7 Å². The minimum Gasteiger partial charge on any atom is -0.376 e. The number of hydrogen-bond acceptors (Lipinski definition) is 8. The predicted octanol–water partition coefficient (Wildman–Crippen LogP) is 1.52. The van der Waals surface area contributed by atoms with Crippen LogP contribution in [0.25, 0.3) is 0 Å². The zero-order chi connectivity index (χ0) is 22.9. The Morgan fingerprint density at radius 1 is 1.36 bits per heavy atom. The summed E-state index contributed by atoms with van der Waals surface area (Å²) in [4.78, 5) is 17.8. The van der Waals surface area contributed by atoms with Crippen LogP contribution in [-0.4, -0.2) is 65.7 Å². The first-order valence-electron chi connectivity index (χ1n) is 11.2. The Morgan fingerprint density at radius 3 is 3.03 bits per heavy atom. The molecule has 5 atom stereocenters. The molecule has 4 N–H and O–H groups in total. The van der Waals surface area contributed by atoms with Crippen LogP contribution in [0.5, 0.6) is 0 Å². The first-order chi connectivity index (χ1) is 16.1. The van der Waals surface area contributed by atoms with Gasteiger partial charge in [0.1, 0.15) is 18.4 Å². The Kier molecular flexibility index (Phi) is 6.65. The van der Waals surface area contributed by atoms with Crippen molar-refractivity contribution in [2.45, 2.75) is 30.2 Å². The third kappa shape index (κ3) is 4.28. The Labute approximate surface area is 203 Å². The molecule has 0 saturated carbocycles. The summed E-state index contributed by atoms with van der Waals surface area (Å²) in [5.74, 6) is 1.09. The number of carbonyl (C=O) groups excluding carboxylic acids is 1. The molecule has 2 saturated heterocycles. The molecule has 174 valence electrons. The number of allylic oxidation sites excluding steroid dienone is 1. The van der Waals surface area contributed by atoms with E-state index < -0.39 is 6.04 Å². The second kappa shape index (κ2) is 9.66. The van der Waals surface area contributed by atoms with E-state index in [0.29, 0.717) is 18.1 Å². The molecule has 4 aliphatic heterocycles. The zero-order valence-corrected chi connectivity index (χ0v) is 20.0. The van der Waals surface area contributed by atoms with Crippen LogP contribution in [0.3, 0.4) is 0 Å². The van der Waals surface area contributed by atoms with E-state index in [1.54, 1.807) is 0 Å². The Balaban J connectivity index is 1.51. The minimum absolute atomic E-state index is 0.105. The molecule has 0 bridgehead atoms. The van der Waals surface area contributed by atoms with Gasteiger partial charge in [0, 0.05) is 48.9 Å². The van der Waals surface area contributed by atoms with Crippen LogP contribution < -0.4 is 21.5 Å². The Bertz CT molecular complexity index is 1020. The molecule has 1 aromatic rings. The molecule has 0 radical (unpaired) electrons. The number of benzene rings is 1. The van der Waals surface area contributed by atoms with E-state index in [0.717, 1.165) is 17.9 Å². The average molecular weight is 486 g/mol. The Hall–Kier alpha value is -2.06. The van der Waals surface area contributed by atoms with Gasteiger partial charge in [0.05, 0.1) is 17.9 Å². The number of hydrazine groups is 1.